The Morgan fingerprint density at radius 3 is 2.50 bits per heavy atom. The van der Waals surface area contributed by atoms with E-state index in [1.54, 1.807) is 4.52 Å². The average molecular weight is 288 g/mol. The van der Waals surface area contributed by atoms with Gasteiger partial charge in [-0.3, -0.25) is 0 Å². The average Bonchev–Trinajstić information content (AvgIpc) is 2.89. The van der Waals surface area contributed by atoms with Gasteiger partial charge in [0.2, 0.25) is 0 Å². The Labute approximate surface area is 121 Å². The van der Waals surface area contributed by atoms with Crippen molar-refractivity contribution in [3.05, 3.63) is 41.2 Å². The molecule has 3 rings (SSSR count). The van der Waals surface area contributed by atoms with Gasteiger partial charge in [-0.15, -0.1) is 5.10 Å². The van der Waals surface area contributed by atoms with E-state index in [4.69, 9.17) is 17.3 Å². The second kappa shape index (κ2) is 4.76. The minimum Gasteiger partial charge on any atom is -0.382 e. The zero-order valence-corrected chi connectivity index (χ0v) is 12.0. The van der Waals surface area contributed by atoms with Gasteiger partial charge in [-0.05, 0) is 0 Å². The van der Waals surface area contributed by atoms with Gasteiger partial charge in [-0.1, -0.05) is 55.8 Å². The maximum absolute atomic E-state index is 6.19. The third-order valence-corrected chi connectivity index (χ3v) is 3.38. The molecule has 0 fully saturated rings. The van der Waals surface area contributed by atoms with Crippen LogP contribution in [0.25, 0.3) is 17.0 Å². The molecule has 3 aromatic rings. The van der Waals surface area contributed by atoms with Crippen molar-refractivity contribution in [1.82, 2.24) is 19.6 Å². The number of rotatable bonds is 2. The van der Waals surface area contributed by atoms with Crippen LogP contribution in [-0.4, -0.2) is 19.6 Å². The third-order valence-electron chi connectivity index (χ3n) is 3.02. The molecule has 20 heavy (non-hydrogen) atoms. The van der Waals surface area contributed by atoms with Gasteiger partial charge in [0.25, 0.3) is 0 Å². The zero-order chi connectivity index (χ0) is 14.3. The maximum atomic E-state index is 6.19. The van der Waals surface area contributed by atoms with Crippen molar-refractivity contribution in [3.63, 3.8) is 0 Å². The third kappa shape index (κ3) is 2.00. The summed E-state index contributed by atoms with van der Waals surface area (Å²) in [7, 11) is 0. The van der Waals surface area contributed by atoms with E-state index in [0.29, 0.717) is 16.5 Å². The molecule has 1 aromatic carbocycles. The standard InChI is InChI=1S/C14H14ClN5/c1-8(2)12-18-14-10(15)11(16)17-13(20(14)19-12)9-6-4-3-5-7-9/h3-8H,16H2,1-2H3. The van der Waals surface area contributed by atoms with Crippen molar-refractivity contribution in [1.29, 1.82) is 0 Å². The first-order valence-corrected chi connectivity index (χ1v) is 6.72. The second-order valence-electron chi connectivity index (χ2n) is 4.86. The molecule has 0 saturated carbocycles. The molecular weight excluding hydrogens is 274 g/mol. The minimum atomic E-state index is 0.204. The number of hydrogen-bond acceptors (Lipinski definition) is 4. The number of nitrogen functional groups attached to an aromatic ring is 1. The van der Waals surface area contributed by atoms with Crippen molar-refractivity contribution in [2.75, 3.05) is 5.73 Å². The number of fused-ring (bicyclic) bond motifs is 1. The normalized spacial score (nSPS) is 11.4. The molecule has 0 radical (unpaired) electrons. The number of benzene rings is 1. The summed E-state index contributed by atoms with van der Waals surface area (Å²) in [5.41, 5.74) is 7.35. The van der Waals surface area contributed by atoms with Crippen LogP contribution in [0.15, 0.2) is 30.3 Å². The van der Waals surface area contributed by atoms with E-state index in [-0.39, 0.29) is 11.7 Å². The fourth-order valence-electron chi connectivity index (χ4n) is 1.96. The molecule has 2 aromatic heterocycles. The number of nitrogens with two attached hydrogens (primary N) is 1. The van der Waals surface area contributed by atoms with Crippen molar-refractivity contribution >= 4 is 23.1 Å². The highest BCUT2D eigenvalue weighted by molar-refractivity contribution is 6.35. The van der Waals surface area contributed by atoms with Crippen molar-refractivity contribution < 1.29 is 0 Å². The van der Waals surface area contributed by atoms with Crippen LogP contribution in [0, 0.1) is 0 Å². The molecule has 0 bridgehead atoms. The predicted molar refractivity (Wildman–Crippen MR) is 79.7 cm³/mol. The Hall–Kier alpha value is -2.14. The summed E-state index contributed by atoms with van der Waals surface area (Å²) in [6, 6.07) is 9.72. The Balaban J connectivity index is 2.35. The van der Waals surface area contributed by atoms with Crippen LogP contribution in [0.5, 0.6) is 0 Å². The molecular formula is C14H14ClN5. The SMILES string of the molecule is CC(C)c1nc2c(Cl)c(N)nc(-c3ccccc3)n2n1. The second-order valence-corrected chi connectivity index (χ2v) is 5.24. The van der Waals surface area contributed by atoms with Crippen LogP contribution in [0.4, 0.5) is 5.82 Å². The lowest BCUT2D eigenvalue weighted by Gasteiger charge is -2.06. The fraction of sp³-hybridized carbons (Fsp3) is 0.214. The van der Waals surface area contributed by atoms with Gasteiger partial charge in [-0.25, -0.2) is 9.97 Å². The van der Waals surface area contributed by atoms with Gasteiger partial charge in [0.15, 0.2) is 17.3 Å². The van der Waals surface area contributed by atoms with Crippen molar-refractivity contribution in [2.45, 2.75) is 19.8 Å². The lowest BCUT2D eigenvalue weighted by molar-refractivity contribution is 0.764. The molecule has 0 aliphatic heterocycles. The smallest absolute Gasteiger partial charge is 0.180 e. The highest BCUT2D eigenvalue weighted by Crippen LogP contribution is 2.28. The summed E-state index contributed by atoms with van der Waals surface area (Å²) in [6.45, 7) is 4.06. The van der Waals surface area contributed by atoms with E-state index in [9.17, 15) is 0 Å². The number of hydrogen-bond donors (Lipinski definition) is 1. The van der Waals surface area contributed by atoms with Crippen LogP contribution >= 0.6 is 11.6 Å². The summed E-state index contributed by atoms with van der Waals surface area (Å²) in [6.07, 6.45) is 0. The largest absolute Gasteiger partial charge is 0.382 e. The van der Waals surface area contributed by atoms with Crippen LogP contribution in [-0.2, 0) is 0 Å². The highest BCUT2D eigenvalue weighted by Gasteiger charge is 2.17. The molecule has 0 atom stereocenters. The van der Waals surface area contributed by atoms with E-state index in [1.165, 1.54) is 0 Å². The summed E-state index contributed by atoms with van der Waals surface area (Å²) in [5, 5.41) is 4.83. The molecule has 0 aliphatic rings. The molecule has 2 N–H and O–H groups in total. The van der Waals surface area contributed by atoms with Crippen LogP contribution < -0.4 is 5.73 Å². The van der Waals surface area contributed by atoms with Crippen LogP contribution in [0.2, 0.25) is 5.02 Å². The molecule has 0 unspecified atom stereocenters. The minimum absolute atomic E-state index is 0.204. The lowest BCUT2D eigenvalue weighted by atomic mass is 10.2. The quantitative estimate of drug-likeness (QED) is 0.786. The Kier molecular flexibility index (Phi) is 3.06. The zero-order valence-electron chi connectivity index (χ0n) is 11.2. The molecule has 0 saturated heterocycles. The monoisotopic (exact) mass is 287 g/mol. The first-order valence-electron chi connectivity index (χ1n) is 6.35. The van der Waals surface area contributed by atoms with Gasteiger partial charge < -0.3 is 5.73 Å². The number of nitrogens with zero attached hydrogens (tertiary/aromatic N) is 4. The van der Waals surface area contributed by atoms with Gasteiger partial charge in [-0.2, -0.15) is 4.52 Å². The number of anilines is 1. The topological polar surface area (TPSA) is 69.1 Å². The fourth-order valence-corrected chi connectivity index (χ4v) is 2.13. The molecule has 6 heteroatoms. The molecule has 102 valence electrons. The summed E-state index contributed by atoms with van der Waals surface area (Å²) >= 11 is 6.19. The van der Waals surface area contributed by atoms with E-state index >= 15 is 0 Å². The van der Waals surface area contributed by atoms with E-state index in [1.807, 2.05) is 44.2 Å². The number of halogens is 1. The first kappa shape index (κ1) is 12.9. The lowest BCUT2D eigenvalue weighted by Crippen LogP contribution is -2.03. The van der Waals surface area contributed by atoms with Crippen molar-refractivity contribution in [2.24, 2.45) is 0 Å². The summed E-state index contributed by atoms with van der Waals surface area (Å²) < 4.78 is 1.66. The van der Waals surface area contributed by atoms with Crippen LogP contribution in [0.3, 0.4) is 0 Å². The van der Waals surface area contributed by atoms with E-state index < -0.39 is 0 Å². The summed E-state index contributed by atoms with van der Waals surface area (Å²) in [4.78, 5) is 8.81. The predicted octanol–water partition coefficient (Wildman–Crippen LogP) is 3.15. The van der Waals surface area contributed by atoms with Crippen LogP contribution in [0.1, 0.15) is 25.6 Å². The van der Waals surface area contributed by atoms with E-state index in [0.717, 1.165) is 11.4 Å². The Morgan fingerprint density at radius 2 is 1.85 bits per heavy atom. The summed E-state index contributed by atoms with van der Waals surface area (Å²) in [5.74, 6) is 1.83. The number of aromatic nitrogens is 4. The molecule has 0 aliphatic carbocycles. The molecule has 0 spiro atoms. The van der Waals surface area contributed by atoms with Crippen molar-refractivity contribution in [3.8, 4) is 11.4 Å². The highest BCUT2D eigenvalue weighted by atomic mass is 35.5. The Morgan fingerprint density at radius 1 is 1.15 bits per heavy atom. The molecule has 0 amide bonds. The molecule has 5 nitrogen and oxygen atoms in total. The van der Waals surface area contributed by atoms with Gasteiger partial charge in [0.1, 0.15) is 10.8 Å². The van der Waals surface area contributed by atoms with Gasteiger partial charge in [0, 0.05) is 11.5 Å². The Bertz CT molecular complexity index is 764. The van der Waals surface area contributed by atoms with E-state index in [2.05, 4.69) is 15.1 Å². The molecule has 2 heterocycles. The van der Waals surface area contributed by atoms with Gasteiger partial charge in [0.05, 0.1) is 0 Å². The van der Waals surface area contributed by atoms with Gasteiger partial charge >= 0.3 is 0 Å². The first-order chi connectivity index (χ1) is 9.58. The maximum Gasteiger partial charge on any atom is 0.180 e.